The van der Waals surface area contributed by atoms with Crippen molar-refractivity contribution in [1.29, 1.82) is 0 Å². The first-order valence-electron chi connectivity index (χ1n) is 10.7. The summed E-state index contributed by atoms with van der Waals surface area (Å²) in [6, 6.07) is 0. The second-order valence-corrected chi connectivity index (χ2v) is 9.65. The van der Waals surface area contributed by atoms with Gasteiger partial charge in [-0.2, -0.15) is 0 Å². The maximum atomic E-state index is 12.5. The van der Waals surface area contributed by atoms with Crippen LogP contribution in [0.5, 0.6) is 0 Å². The minimum absolute atomic E-state index is 0.0251. The molecule has 0 spiro atoms. The molecule has 0 amide bonds. The summed E-state index contributed by atoms with van der Waals surface area (Å²) in [6.45, 7) is 4.45. The number of rotatable bonds is 3. The lowest BCUT2D eigenvalue weighted by molar-refractivity contribution is -0.224. The van der Waals surface area contributed by atoms with E-state index in [-0.39, 0.29) is 29.8 Å². The van der Waals surface area contributed by atoms with Crippen LogP contribution in [0.3, 0.4) is 0 Å². The summed E-state index contributed by atoms with van der Waals surface area (Å²) < 4.78 is 5.35. The molecule has 0 radical (unpaired) electrons. The summed E-state index contributed by atoms with van der Waals surface area (Å²) in [5.74, 6) is 0.335. The first kappa shape index (κ1) is 19.4. The molecule has 4 aliphatic rings. The average molecular weight is 379 g/mol. The van der Waals surface area contributed by atoms with Crippen LogP contribution in [0, 0.1) is 28.6 Å². The zero-order chi connectivity index (χ0) is 19.4. The third-order valence-corrected chi connectivity index (χ3v) is 8.72. The number of hydrogen-bond donors (Lipinski definition) is 3. The van der Waals surface area contributed by atoms with Crippen molar-refractivity contribution in [1.82, 2.24) is 0 Å². The maximum absolute atomic E-state index is 12.5. The number of fused-ring (bicyclic) bond motifs is 5. The van der Waals surface area contributed by atoms with Crippen molar-refractivity contribution >= 4 is 5.97 Å². The van der Waals surface area contributed by atoms with Crippen molar-refractivity contribution in [2.45, 2.75) is 76.9 Å². The van der Waals surface area contributed by atoms with Crippen LogP contribution >= 0.6 is 0 Å². The highest BCUT2D eigenvalue weighted by Crippen LogP contribution is 2.67. The Morgan fingerprint density at radius 1 is 1.26 bits per heavy atom. The largest absolute Gasteiger partial charge is 0.466 e. The fourth-order valence-electron chi connectivity index (χ4n) is 7.29. The monoisotopic (exact) mass is 378 g/mol. The van der Waals surface area contributed by atoms with Crippen LogP contribution in [0.4, 0.5) is 0 Å². The standard InChI is InChI=1S/C22H34O5/c1-3-27-19(25)18-5-4-16-15-7-11-22(26)12-14(24)6-10-21(22,13-23)17(15)8-9-20(16,18)2/h4,14-15,17-18,23-24,26H,3,5-13H2,1-2H3/t14-,15+,17+,18+,20+,21+,22+/m1/s1. The molecule has 0 unspecified atom stereocenters. The van der Waals surface area contributed by atoms with Gasteiger partial charge < -0.3 is 20.1 Å². The van der Waals surface area contributed by atoms with E-state index < -0.39 is 17.1 Å². The van der Waals surface area contributed by atoms with E-state index in [1.807, 2.05) is 6.92 Å². The number of esters is 1. The number of carbonyl (C=O) groups is 1. The van der Waals surface area contributed by atoms with Crippen molar-refractivity contribution in [2.24, 2.45) is 28.6 Å². The Kier molecular flexibility index (Phi) is 4.72. The molecule has 0 aromatic rings. The minimum atomic E-state index is -0.978. The predicted octanol–water partition coefficient (Wildman–Crippen LogP) is 2.58. The molecule has 5 nitrogen and oxygen atoms in total. The Bertz CT molecular complexity index is 645. The molecule has 4 aliphatic carbocycles. The number of ether oxygens (including phenoxy) is 1. The van der Waals surface area contributed by atoms with Crippen molar-refractivity contribution < 1.29 is 24.9 Å². The van der Waals surface area contributed by atoms with Crippen LogP contribution in [0.15, 0.2) is 11.6 Å². The highest BCUT2D eigenvalue weighted by atomic mass is 16.5. The Labute approximate surface area is 161 Å². The van der Waals surface area contributed by atoms with Gasteiger partial charge in [-0.25, -0.2) is 0 Å². The van der Waals surface area contributed by atoms with E-state index >= 15 is 0 Å². The summed E-state index contributed by atoms with van der Waals surface area (Å²) in [4.78, 5) is 12.5. The van der Waals surface area contributed by atoms with E-state index in [0.29, 0.717) is 38.2 Å². The quantitative estimate of drug-likeness (QED) is 0.519. The van der Waals surface area contributed by atoms with Gasteiger partial charge in [-0.3, -0.25) is 4.79 Å². The van der Waals surface area contributed by atoms with E-state index in [9.17, 15) is 20.1 Å². The van der Waals surface area contributed by atoms with Crippen LogP contribution < -0.4 is 0 Å². The first-order valence-corrected chi connectivity index (χ1v) is 10.7. The molecular weight excluding hydrogens is 344 g/mol. The van der Waals surface area contributed by atoms with Crippen molar-refractivity contribution in [3.8, 4) is 0 Å². The summed E-state index contributed by atoms with van der Waals surface area (Å²) in [6.07, 6.45) is 7.50. The Morgan fingerprint density at radius 3 is 2.74 bits per heavy atom. The van der Waals surface area contributed by atoms with Gasteiger partial charge in [0.1, 0.15) is 0 Å². The Morgan fingerprint density at radius 2 is 2.04 bits per heavy atom. The van der Waals surface area contributed by atoms with Gasteiger partial charge in [-0.05, 0) is 63.7 Å². The second kappa shape index (κ2) is 6.57. The van der Waals surface area contributed by atoms with Gasteiger partial charge in [0.15, 0.2) is 0 Å². The van der Waals surface area contributed by atoms with Gasteiger partial charge in [0.25, 0.3) is 0 Å². The molecule has 0 aromatic carbocycles. The molecule has 0 heterocycles. The van der Waals surface area contributed by atoms with Crippen molar-refractivity contribution in [2.75, 3.05) is 13.2 Å². The molecule has 7 atom stereocenters. The molecule has 3 N–H and O–H groups in total. The summed E-state index contributed by atoms with van der Waals surface area (Å²) in [5, 5.41) is 32.1. The van der Waals surface area contributed by atoms with Crippen molar-refractivity contribution in [3.05, 3.63) is 11.6 Å². The molecule has 5 heteroatoms. The highest BCUT2D eigenvalue weighted by Gasteiger charge is 2.65. The number of hydrogen-bond acceptors (Lipinski definition) is 5. The lowest BCUT2D eigenvalue weighted by Crippen LogP contribution is -2.64. The van der Waals surface area contributed by atoms with E-state index in [2.05, 4.69) is 13.0 Å². The van der Waals surface area contributed by atoms with Gasteiger partial charge >= 0.3 is 5.97 Å². The first-order chi connectivity index (χ1) is 12.8. The van der Waals surface area contributed by atoms with Gasteiger partial charge in [0, 0.05) is 17.3 Å². The molecule has 27 heavy (non-hydrogen) atoms. The second-order valence-electron chi connectivity index (χ2n) is 9.65. The number of allylic oxidation sites excluding steroid dienone is 2. The maximum Gasteiger partial charge on any atom is 0.310 e. The third kappa shape index (κ3) is 2.57. The van der Waals surface area contributed by atoms with Crippen LogP contribution in [0.1, 0.15) is 65.2 Å². The highest BCUT2D eigenvalue weighted by molar-refractivity contribution is 5.75. The average Bonchev–Trinajstić information content (AvgIpc) is 2.98. The lowest BCUT2D eigenvalue weighted by atomic mass is 9.44. The molecule has 0 aliphatic heterocycles. The smallest absolute Gasteiger partial charge is 0.310 e. The summed E-state index contributed by atoms with van der Waals surface area (Å²) in [5.41, 5.74) is -0.307. The van der Waals surface area contributed by atoms with Crippen LogP contribution in [-0.4, -0.2) is 46.2 Å². The number of aliphatic hydroxyl groups is 3. The fraction of sp³-hybridized carbons (Fsp3) is 0.864. The molecule has 4 rings (SSSR count). The molecule has 0 aromatic heterocycles. The topological polar surface area (TPSA) is 87.0 Å². The lowest BCUT2D eigenvalue weighted by Gasteiger charge is -2.63. The van der Waals surface area contributed by atoms with Gasteiger partial charge in [-0.15, -0.1) is 0 Å². The summed E-state index contributed by atoms with van der Waals surface area (Å²) >= 11 is 0. The molecule has 0 saturated heterocycles. The van der Waals surface area contributed by atoms with E-state index in [1.165, 1.54) is 5.57 Å². The Balaban J connectivity index is 1.65. The number of carbonyl (C=O) groups excluding carboxylic acids is 1. The van der Waals surface area contributed by atoms with Gasteiger partial charge in [-0.1, -0.05) is 18.6 Å². The fourth-order valence-corrected chi connectivity index (χ4v) is 7.29. The molecule has 3 fully saturated rings. The normalized spacial score (nSPS) is 48.9. The third-order valence-electron chi connectivity index (χ3n) is 8.72. The molecule has 3 saturated carbocycles. The SMILES string of the molecule is CCOC(=O)[C@@H]1CC=C2[C@@H]3CC[C@]4(O)C[C@H](O)CC[C@]4(CO)[C@H]3CC[C@@]21C. The van der Waals surface area contributed by atoms with Crippen LogP contribution in [0.2, 0.25) is 0 Å². The minimum Gasteiger partial charge on any atom is -0.466 e. The van der Waals surface area contributed by atoms with Gasteiger partial charge in [0.2, 0.25) is 0 Å². The number of aliphatic hydroxyl groups excluding tert-OH is 2. The summed E-state index contributed by atoms with van der Waals surface area (Å²) in [7, 11) is 0. The van der Waals surface area contributed by atoms with E-state index in [0.717, 1.165) is 25.7 Å². The molecule has 152 valence electrons. The zero-order valence-electron chi connectivity index (χ0n) is 16.6. The van der Waals surface area contributed by atoms with E-state index in [1.54, 1.807) is 0 Å². The van der Waals surface area contributed by atoms with Crippen LogP contribution in [-0.2, 0) is 9.53 Å². The van der Waals surface area contributed by atoms with Crippen molar-refractivity contribution in [3.63, 3.8) is 0 Å². The zero-order valence-corrected chi connectivity index (χ0v) is 16.6. The van der Waals surface area contributed by atoms with Crippen LogP contribution in [0.25, 0.3) is 0 Å². The Hall–Kier alpha value is -0.910. The van der Waals surface area contributed by atoms with E-state index in [4.69, 9.17) is 4.74 Å². The molecular formula is C22H34O5. The molecule has 0 bridgehead atoms. The van der Waals surface area contributed by atoms with Gasteiger partial charge in [0.05, 0.1) is 30.8 Å². The predicted molar refractivity (Wildman–Crippen MR) is 101 cm³/mol.